The Morgan fingerprint density at radius 3 is 1.89 bits per heavy atom. The van der Waals surface area contributed by atoms with Gasteiger partial charge < -0.3 is 54.2 Å². The van der Waals surface area contributed by atoms with E-state index in [1.165, 1.54) is 11.4 Å². The molecule has 10 rings (SSSR count). The monoisotopic (exact) mass is 831 g/mol. The average molecular weight is 831 g/mol. The number of nitrogens with zero attached hydrogens (tertiary/aromatic N) is 10. The van der Waals surface area contributed by atoms with E-state index in [1.807, 2.05) is 6.20 Å². The summed E-state index contributed by atoms with van der Waals surface area (Å²) in [6, 6.07) is 18.0. The predicted octanol–water partition coefficient (Wildman–Crippen LogP) is 5.06. The predicted molar refractivity (Wildman–Crippen MR) is 243 cm³/mol. The molecule has 0 radical (unpaired) electrons. The molecule has 0 spiro atoms. The van der Waals surface area contributed by atoms with Crippen molar-refractivity contribution >= 4 is 40.2 Å². The molecular formula is C46H62N12O3. The lowest BCUT2D eigenvalue weighted by molar-refractivity contribution is 0.122. The molecule has 2 atom stereocenters. The summed E-state index contributed by atoms with van der Waals surface area (Å²) in [6.45, 7) is 14.4. The number of rotatable bonds is 12. The first-order valence-corrected chi connectivity index (χ1v) is 22.8. The van der Waals surface area contributed by atoms with E-state index < -0.39 is 0 Å². The van der Waals surface area contributed by atoms with Crippen LogP contribution in [0.4, 0.5) is 40.2 Å². The number of anilines is 7. The van der Waals surface area contributed by atoms with E-state index in [0.717, 1.165) is 170 Å². The Morgan fingerprint density at radius 2 is 1.18 bits per heavy atom. The zero-order valence-corrected chi connectivity index (χ0v) is 35.8. The zero-order valence-electron chi connectivity index (χ0n) is 35.8. The highest BCUT2D eigenvalue weighted by Gasteiger charge is 2.28. The van der Waals surface area contributed by atoms with Crippen LogP contribution in [0, 0.1) is 0 Å². The third-order valence-corrected chi connectivity index (χ3v) is 13.0. The van der Waals surface area contributed by atoms with Crippen LogP contribution < -0.4 is 39.9 Å². The first-order chi connectivity index (χ1) is 30.0. The number of nitrogens with one attached hydrogen (secondary N) is 2. The fourth-order valence-electron chi connectivity index (χ4n) is 9.33. The molecule has 9 heterocycles. The minimum atomic E-state index is 0.225. The van der Waals surface area contributed by atoms with E-state index in [4.69, 9.17) is 34.1 Å². The molecule has 6 fully saturated rings. The van der Waals surface area contributed by atoms with Gasteiger partial charge in [-0.25, -0.2) is 19.9 Å². The average Bonchev–Trinajstić information content (AvgIpc) is 4.14. The van der Waals surface area contributed by atoms with Gasteiger partial charge >= 0.3 is 0 Å². The minimum Gasteiger partial charge on any atom is -0.474 e. The number of likely N-dealkylation sites (N-methyl/N-ethyl adjacent to an activating group) is 1. The Morgan fingerprint density at radius 1 is 0.557 bits per heavy atom. The van der Waals surface area contributed by atoms with Gasteiger partial charge in [0.2, 0.25) is 5.88 Å². The smallest absolute Gasteiger partial charge is 0.216 e. The van der Waals surface area contributed by atoms with Crippen LogP contribution in [0.3, 0.4) is 0 Å². The van der Waals surface area contributed by atoms with Gasteiger partial charge in [0, 0.05) is 132 Å². The van der Waals surface area contributed by atoms with Crippen LogP contribution in [0.5, 0.6) is 5.88 Å². The van der Waals surface area contributed by atoms with Gasteiger partial charge in [-0.15, -0.1) is 0 Å². The van der Waals surface area contributed by atoms with Gasteiger partial charge in [0.25, 0.3) is 0 Å². The molecule has 0 aromatic carbocycles. The molecule has 0 amide bonds. The van der Waals surface area contributed by atoms with Crippen molar-refractivity contribution < 1.29 is 14.2 Å². The molecule has 15 nitrogen and oxygen atoms in total. The number of aromatic nitrogens is 4. The van der Waals surface area contributed by atoms with E-state index >= 15 is 0 Å². The lowest BCUT2D eigenvalue weighted by Crippen LogP contribution is -2.44. The van der Waals surface area contributed by atoms with Crippen LogP contribution in [0.1, 0.15) is 38.5 Å². The van der Waals surface area contributed by atoms with Crippen molar-refractivity contribution in [3.8, 4) is 17.3 Å². The lowest BCUT2D eigenvalue weighted by atomic mass is 10.0. The Bertz CT molecular complexity index is 2070. The fourth-order valence-corrected chi connectivity index (χ4v) is 9.33. The van der Waals surface area contributed by atoms with E-state index in [0.29, 0.717) is 19.1 Å². The van der Waals surface area contributed by atoms with E-state index in [1.54, 1.807) is 0 Å². The van der Waals surface area contributed by atoms with Gasteiger partial charge in [0.15, 0.2) is 0 Å². The normalized spacial score (nSPS) is 22.9. The number of ether oxygens (including phenoxy) is 3. The second-order valence-corrected chi connectivity index (χ2v) is 17.6. The summed E-state index contributed by atoms with van der Waals surface area (Å²) < 4.78 is 17.8. The van der Waals surface area contributed by atoms with Crippen molar-refractivity contribution in [1.29, 1.82) is 0 Å². The van der Waals surface area contributed by atoms with Crippen LogP contribution in [-0.4, -0.2) is 155 Å². The first-order valence-electron chi connectivity index (χ1n) is 22.8. The third kappa shape index (κ3) is 10.00. The van der Waals surface area contributed by atoms with Gasteiger partial charge in [-0.3, -0.25) is 0 Å². The highest BCUT2D eigenvalue weighted by molar-refractivity contribution is 5.70. The second kappa shape index (κ2) is 18.5. The highest BCUT2D eigenvalue weighted by atomic mass is 16.5. The number of morpholine rings is 2. The summed E-state index contributed by atoms with van der Waals surface area (Å²) in [5, 5.41) is 7.66. The summed E-state index contributed by atoms with van der Waals surface area (Å²) in [5.74, 6) is 3.50. The van der Waals surface area contributed by atoms with Crippen molar-refractivity contribution in [3.63, 3.8) is 0 Å². The highest BCUT2D eigenvalue weighted by Crippen LogP contribution is 2.35. The fraction of sp³-hybridized carbons (Fsp3) is 0.565. The molecule has 0 unspecified atom stereocenters. The molecule has 4 aromatic rings. The van der Waals surface area contributed by atoms with Crippen molar-refractivity contribution in [2.75, 3.05) is 147 Å². The molecule has 15 heteroatoms. The Kier molecular flexibility index (Phi) is 12.1. The maximum atomic E-state index is 6.45. The molecule has 5 aliphatic heterocycles. The summed E-state index contributed by atoms with van der Waals surface area (Å²) in [7, 11) is 2.19. The zero-order chi connectivity index (χ0) is 41.0. The SMILES string of the molecule is CN1CCN(c2ccc(N3CCC[C@@H](Nc4cc(N5CCOCC5)cc(-c5cc(N6CCC[C@@H](Nc7cc(N8CCOCC8)ccn7)C6)cc(OC6CC6)n5)n4)C3)nc2)CC1. The second-order valence-electron chi connectivity index (χ2n) is 17.6. The van der Waals surface area contributed by atoms with E-state index in [2.05, 4.69) is 102 Å². The number of pyridine rings is 4. The van der Waals surface area contributed by atoms with E-state index in [-0.39, 0.29) is 18.2 Å². The van der Waals surface area contributed by atoms with Gasteiger partial charge in [0.05, 0.1) is 49.7 Å². The summed E-state index contributed by atoms with van der Waals surface area (Å²) in [5.41, 5.74) is 6.33. The first kappa shape index (κ1) is 40.0. The number of hydrogen-bond donors (Lipinski definition) is 2. The molecule has 324 valence electrons. The molecule has 61 heavy (non-hydrogen) atoms. The lowest BCUT2D eigenvalue weighted by Gasteiger charge is -2.36. The summed E-state index contributed by atoms with van der Waals surface area (Å²) in [6.07, 6.45) is 10.7. The van der Waals surface area contributed by atoms with Gasteiger partial charge in [0.1, 0.15) is 23.6 Å². The van der Waals surface area contributed by atoms with Crippen molar-refractivity contribution in [2.24, 2.45) is 0 Å². The van der Waals surface area contributed by atoms with Crippen molar-refractivity contribution in [2.45, 2.75) is 56.7 Å². The molecule has 5 saturated heterocycles. The van der Waals surface area contributed by atoms with Crippen LogP contribution in [-0.2, 0) is 9.47 Å². The molecule has 2 N–H and O–H groups in total. The maximum absolute atomic E-state index is 6.45. The van der Waals surface area contributed by atoms with Crippen molar-refractivity contribution in [1.82, 2.24) is 24.8 Å². The van der Waals surface area contributed by atoms with Gasteiger partial charge in [-0.1, -0.05) is 0 Å². The van der Waals surface area contributed by atoms with Gasteiger partial charge in [-0.05, 0) is 75.9 Å². The molecule has 0 bridgehead atoms. The van der Waals surface area contributed by atoms with Gasteiger partial charge in [-0.2, -0.15) is 0 Å². The number of piperazine rings is 1. The van der Waals surface area contributed by atoms with Crippen LogP contribution in [0.25, 0.3) is 11.4 Å². The molecule has 1 aliphatic carbocycles. The Labute approximate surface area is 360 Å². The van der Waals surface area contributed by atoms with Crippen LogP contribution in [0.2, 0.25) is 0 Å². The van der Waals surface area contributed by atoms with Crippen LogP contribution in [0.15, 0.2) is 60.9 Å². The molecule has 6 aliphatic rings. The largest absolute Gasteiger partial charge is 0.474 e. The minimum absolute atomic E-state index is 0.225. The summed E-state index contributed by atoms with van der Waals surface area (Å²) in [4.78, 5) is 34.7. The number of piperidine rings is 2. The molecule has 1 saturated carbocycles. The standard InChI is InChI=1S/C46H62N12O3/c1-53-14-16-54(17-15-53)37-6-9-45(48-31-37)58-13-3-5-35(33-58)50-44-29-38(56-20-24-60-25-21-56)26-41(51-44)42-27-39(30-46(52-42)61-40-7-8-40)57-12-2-4-34(32-57)49-43-28-36(10-11-47-43)55-18-22-59-23-19-55/h6,9-11,26-31,34-35,40H,2-5,7-8,12-25,32-33H2,1H3,(H,47,49)(H,50,51)/t34-,35-/m1/s1. The Balaban J connectivity index is 0.882. The number of hydrogen-bond acceptors (Lipinski definition) is 15. The maximum Gasteiger partial charge on any atom is 0.216 e. The van der Waals surface area contributed by atoms with Crippen molar-refractivity contribution in [3.05, 3.63) is 60.9 Å². The topological polar surface area (TPSA) is 123 Å². The third-order valence-electron chi connectivity index (χ3n) is 13.0. The molecule has 4 aromatic heterocycles. The molecular weight excluding hydrogens is 769 g/mol. The quantitative estimate of drug-likeness (QED) is 0.198. The summed E-state index contributed by atoms with van der Waals surface area (Å²) >= 11 is 0. The van der Waals surface area contributed by atoms with Crippen LogP contribution >= 0.6 is 0 Å². The van der Waals surface area contributed by atoms with E-state index in [9.17, 15) is 0 Å². The Hall–Kier alpha value is -5.12.